The van der Waals surface area contributed by atoms with E-state index >= 15 is 0 Å². The van der Waals surface area contributed by atoms with Crippen molar-refractivity contribution in [3.8, 4) is 5.75 Å². The van der Waals surface area contributed by atoms with E-state index in [1.807, 2.05) is 19.1 Å². The molecule has 0 saturated heterocycles. The van der Waals surface area contributed by atoms with Crippen LogP contribution in [0.15, 0.2) is 30.5 Å². The molecule has 92 valence electrons. The lowest BCUT2D eigenvalue weighted by Crippen LogP contribution is -2.13. The molecular weight excluding hydrogens is 214 g/mol. The molecule has 1 atom stereocenters. The van der Waals surface area contributed by atoms with Crippen molar-refractivity contribution >= 4 is 10.9 Å². The molecule has 3 heteroatoms. The van der Waals surface area contributed by atoms with Gasteiger partial charge in [0.05, 0.1) is 18.2 Å². The lowest BCUT2D eigenvalue weighted by molar-refractivity contribution is 0.104. The van der Waals surface area contributed by atoms with Gasteiger partial charge in [0.2, 0.25) is 0 Å². The number of aromatic nitrogens is 1. The van der Waals surface area contributed by atoms with Crippen LogP contribution in [0.3, 0.4) is 0 Å². The molecule has 3 nitrogen and oxygen atoms in total. The normalized spacial score (nSPS) is 12.9. The second-order valence-electron chi connectivity index (χ2n) is 4.14. The minimum atomic E-state index is 0.210. The van der Waals surface area contributed by atoms with E-state index in [1.165, 1.54) is 5.52 Å². The Hall–Kier alpha value is -1.48. The molecule has 0 aliphatic carbocycles. The van der Waals surface area contributed by atoms with Gasteiger partial charge in [0.15, 0.2) is 0 Å². The Morgan fingerprint density at radius 3 is 2.82 bits per heavy atom. The van der Waals surface area contributed by atoms with Crippen LogP contribution < -0.4 is 4.74 Å². The van der Waals surface area contributed by atoms with Gasteiger partial charge in [0, 0.05) is 25.2 Å². The summed E-state index contributed by atoms with van der Waals surface area (Å²) in [6.07, 6.45) is 2.30. The van der Waals surface area contributed by atoms with Crippen LogP contribution in [0.2, 0.25) is 0 Å². The Bertz CT molecular complexity index is 490. The summed E-state index contributed by atoms with van der Waals surface area (Å²) in [7, 11) is 1.74. The van der Waals surface area contributed by atoms with E-state index in [1.54, 1.807) is 7.11 Å². The monoisotopic (exact) mass is 233 g/mol. The minimum Gasteiger partial charge on any atom is -0.493 e. The molecule has 0 saturated carbocycles. The zero-order chi connectivity index (χ0) is 12.3. The highest BCUT2D eigenvalue weighted by Crippen LogP contribution is 2.26. The maximum atomic E-state index is 5.62. The average molecular weight is 233 g/mol. The topological polar surface area (TPSA) is 23.4 Å². The van der Waals surface area contributed by atoms with E-state index in [9.17, 15) is 0 Å². The second-order valence-corrected chi connectivity index (χ2v) is 4.14. The molecular formula is C14H19NO2. The third-order valence-electron chi connectivity index (χ3n) is 2.93. The highest BCUT2D eigenvalue weighted by atomic mass is 16.5. The SMILES string of the molecule is CCOc1cccc2c1ccn2CC(C)OC. The quantitative estimate of drug-likeness (QED) is 0.792. The van der Waals surface area contributed by atoms with E-state index < -0.39 is 0 Å². The number of benzene rings is 1. The van der Waals surface area contributed by atoms with Gasteiger partial charge in [0.25, 0.3) is 0 Å². The van der Waals surface area contributed by atoms with E-state index in [4.69, 9.17) is 9.47 Å². The number of hydrogen-bond donors (Lipinski definition) is 0. The van der Waals surface area contributed by atoms with Crippen LogP contribution in [0.25, 0.3) is 10.9 Å². The van der Waals surface area contributed by atoms with E-state index in [0.717, 1.165) is 17.7 Å². The molecule has 0 aliphatic heterocycles. The maximum absolute atomic E-state index is 5.62. The summed E-state index contributed by atoms with van der Waals surface area (Å²) in [5.74, 6) is 0.953. The molecule has 1 aromatic heterocycles. The van der Waals surface area contributed by atoms with Gasteiger partial charge in [-0.25, -0.2) is 0 Å². The molecule has 0 aliphatic rings. The molecule has 0 radical (unpaired) electrons. The second kappa shape index (κ2) is 5.23. The van der Waals surface area contributed by atoms with Crippen molar-refractivity contribution in [2.75, 3.05) is 13.7 Å². The van der Waals surface area contributed by atoms with Crippen molar-refractivity contribution in [1.29, 1.82) is 0 Å². The smallest absolute Gasteiger partial charge is 0.128 e. The minimum absolute atomic E-state index is 0.210. The Balaban J connectivity index is 2.36. The van der Waals surface area contributed by atoms with Crippen LogP contribution in [-0.2, 0) is 11.3 Å². The van der Waals surface area contributed by atoms with Crippen molar-refractivity contribution in [3.05, 3.63) is 30.5 Å². The number of nitrogens with zero attached hydrogens (tertiary/aromatic N) is 1. The third-order valence-corrected chi connectivity index (χ3v) is 2.93. The predicted octanol–water partition coefficient (Wildman–Crippen LogP) is 3.07. The number of hydrogen-bond acceptors (Lipinski definition) is 2. The molecule has 0 N–H and O–H groups in total. The molecule has 0 spiro atoms. The molecule has 2 aromatic rings. The third kappa shape index (κ3) is 2.44. The van der Waals surface area contributed by atoms with E-state index in [2.05, 4.69) is 29.8 Å². The van der Waals surface area contributed by atoms with Crippen LogP contribution >= 0.6 is 0 Å². The van der Waals surface area contributed by atoms with E-state index in [-0.39, 0.29) is 6.10 Å². The summed E-state index contributed by atoms with van der Waals surface area (Å²) < 4.78 is 13.1. The molecule has 1 aromatic carbocycles. The van der Waals surface area contributed by atoms with Gasteiger partial charge in [0.1, 0.15) is 5.75 Å². The van der Waals surface area contributed by atoms with Gasteiger partial charge in [-0.3, -0.25) is 0 Å². The van der Waals surface area contributed by atoms with Gasteiger partial charge in [-0.1, -0.05) is 6.07 Å². The van der Waals surface area contributed by atoms with Crippen molar-refractivity contribution in [1.82, 2.24) is 4.57 Å². The van der Waals surface area contributed by atoms with Crippen LogP contribution in [0.5, 0.6) is 5.75 Å². The number of ether oxygens (including phenoxy) is 2. The first-order valence-corrected chi connectivity index (χ1v) is 5.99. The first kappa shape index (κ1) is 12.0. The number of methoxy groups -OCH3 is 1. The molecule has 2 rings (SSSR count). The summed E-state index contributed by atoms with van der Waals surface area (Å²) in [5, 5.41) is 1.16. The summed E-state index contributed by atoms with van der Waals surface area (Å²) in [6, 6.07) is 8.25. The largest absolute Gasteiger partial charge is 0.493 e. The Kier molecular flexibility index (Phi) is 3.69. The lowest BCUT2D eigenvalue weighted by Gasteiger charge is -2.12. The first-order valence-electron chi connectivity index (χ1n) is 5.99. The van der Waals surface area contributed by atoms with Gasteiger partial charge in [-0.15, -0.1) is 0 Å². The zero-order valence-electron chi connectivity index (χ0n) is 10.6. The van der Waals surface area contributed by atoms with Crippen molar-refractivity contribution in [2.45, 2.75) is 26.5 Å². The fraction of sp³-hybridized carbons (Fsp3) is 0.429. The van der Waals surface area contributed by atoms with Gasteiger partial charge >= 0.3 is 0 Å². The van der Waals surface area contributed by atoms with Gasteiger partial charge in [-0.05, 0) is 32.0 Å². The summed E-state index contributed by atoms with van der Waals surface area (Å²) in [5.41, 5.74) is 1.19. The Labute approximate surface area is 102 Å². The first-order chi connectivity index (χ1) is 8.26. The van der Waals surface area contributed by atoms with Crippen LogP contribution in [0.1, 0.15) is 13.8 Å². The summed E-state index contributed by atoms with van der Waals surface area (Å²) in [4.78, 5) is 0. The summed E-state index contributed by atoms with van der Waals surface area (Å²) >= 11 is 0. The molecule has 17 heavy (non-hydrogen) atoms. The van der Waals surface area contributed by atoms with Crippen LogP contribution in [0.4, 0.5) is 0 Å². The molecule has 1 heterocycles. The van der Waals surface area contributed by atoms with Crippen LogP contribution in [-0.4, -0.2) is 24.4 Å². The Morgan fingerprint density at radius 1 is 1.29 bits per heavy atom. The lowest BCUT2D eigenvalue weighted by atomic mass is 10.2. The maximum Gasteiger partial charge on any atom is 0.128 e. The van der Waals surface area contributed by atoms with E-state index in [0.29, 0.717) is 6.61 Å². The highest BCUT2D eigenvalue weighted by molar-refractivity contribution is 5.86. The highest BCUT2D eigenvalue weighted by Gasteiger charge is 2.08. The van der Waals surface area contributed by atoms with Crippen molar-refractivity contribution in [2.24, 2.45) is 0 Å². The number of rotatable bonds is 5. The fourth-order valence-corrected chi connectivity index (χ4v) is 1.99. The van der Waals surface area contributed by atoms with Gasteiger partial charge < -0.3 is 14.0 Å². The van der Waals surface area contributed by atoms with Crippen LogP contribution in [0, 0.1) is 0 Å². The average Bonchev–Trinajstić information content (AvgIpc) is 2.74. The Morgan fingerprint density at radius 2 is 2.12 bits per heavy atom. The molecule has 0 bridgehead atoms. The molecule has 0 amide bonds. The fourth-order valence-electron chi connectivity index (χ4n) is 1.99. The van der Waals surface area contributed by atoms with Gasteiger partial charge in [-0.2, -0.15) is 0 Å². The molecule has 0 fully saturated rings. The predicted molar refractivity (Wildman–Crippen MR) is 69.6 cm³/mol. The standard InChI is InChI=1S/C14H19NO2/c1-4-17-14-7-5-6-13-12(14)8-9-15(13)10-11(2)16-3/h5-9,11H,4,10H2,1-3H3. The molecule has 1 unspecified atom stereocenters. The zero-order valence-corrected chi connectivity index (χ0v) is 10.6. The van der Waals surface area contributed by atoms with Crippen molar-refractivity contribution < 1.29 is 9.47 Å². The van der Waals surface area contributed by atoms with Crippen molar-refractivity contribution in [3.63, 3.8) is 0 Å². The summed E-state index contributed by atoms with van der Waals surface area (Å²) in [6.45, 7) is 5.62. The number of fused-ring (bicyclic) bond motifs is 1.